The van der Waals surface area contributed by atoms with Crippen LogP contribution in [0.15, 0.2) is 77.8 Å². The summed E-state index contributed by atoms with van der Waals surface area (Å²) in [6.07, 6.45) is 7.81. The Bertz CT molecular complexity index is 1240. The number of ether oxygens (including phenoxy) is 1. The van der Waals surface area contributed by atoms with Crippen molar-refractivity contribution in [2.45, 2.75) is 25.3 Å². The highest BCUT2D eigenvalue weighted by Crippen LogP contribution is 2.41. The third-order valence-corrected chi connectivity index (χ3v) is 5.58. The standard InChI is InChI=1S/C25H25N3O3/c1-3-31-22-13-7-4-10-19(22)18-9-8-14-25(15-18,16-23(29)26-2)28-21-12-6-5-11-20(21)27-17-24(28)30/h4-14,17H,3,15-16H2,1-2H3,(H,26,29). The van der Waals surface area contributed by atoms with E-state index in [1.807, 2.05) is 73.7 Å². The Morgan fingerprint density at radius 3 is 2.77 bits per heavy atom. The second kappa shape index (κ2) is 8.60. The number of fused-ring (bicyclic) bond motifs is 1. The summed E-state index contributed by atoms with van der Waals surface area (Å²) in [6.45, 7) is 2.50. The van der Waals surface area contributed by atoms with E-state index in [-0.39, 0.29) is 17.9 Å². The molecule has 2 aromatic carbocycles. The zero-order chi connectivity index (χ0) is 21.8. The van der Waals surface area contributed by atoms with Gasteiger partial charge in [0, 0.05) is 19.0 Å². The number of nitrogens with one attached hydrogen (secondary N) is 1. The highest BCUT2D eigenvalue weighted by molar-refractivity contribution is 5.81. The van der Waals surface area contributed by atoms with E-state index in [0.29, 0.717) is 24.1 Å². The molecule has 0 spiro atoms. The van der Waals surface area contributed by atoms with Gasteiger partial charge < -0.3 is 10.1 Å². The number of carbonyl (C=O) groups excluding carboxylic acids is 1. The van der Waals surface area contributed by atoms with Gasteiger partial charge in [-0.15, -0.1) is 0 Å². The van der Waals surface area contributed by atoms with Crippen LogP contribution in [0.25, 0.3) is 16.6 Å². The molecule has 4 rings (SSSR count). The van der Waals surface area contributed by atoms with Gasteiger partial charge in [0.2, 0.25) is 5.91 Å². The number of carbonyl (C=O) groups is 1. The molecule has 0 radical (unpaired) electrons. The van der Waals surface area contributed by atoms with Crippen LogP contribution in [0.3, 0.4) is 0 Å². The van der Waals surface area contributed by atoms with Gasteiger partial charge in [-0.1, -0.05) is 48.6 Å². The van der Waals surface area contributed by atoms with Crippen molar-refractivity contribution in [1.82, 2.24) is 14.9 Å². The molecule has 3 aromatic rings. The second-order valence-corrected chi connectivity index (χ2v) is 7.53. The summed E-state index contributed by atoms with van der Waals surface area (Å²) in [5, 5.41) is 2.71. The molecule has 1 N–H and O–H groups in total. The summed E-state index contributed by atoms with van der Waals surface area (Å²) in [5.41, 5.74) is 2.25. The summed E-state index contributed by atoms with van der Waals surface area (Å²) < 4.78 is 7.54. The number of rotatable bonds is 6. The van der Waals surface area contributed by atoms with E-state index in [2.05, 4.69) is 10.3 Å². The van der Waals surface area contributed by atoms with E-state index in [9.17, 15) is 9.59 Å². The van der Waals surface area contributed by atoms with Crippen molar-refractivity contribution in [1.29, 1.82) is 0 Å². The van der Waals surface area contributed by atoms with Crippen molar-refractivity contribution in [2.75, 3.05) is 13.7 Å². The Morgan fingerprint density at radius 2 is 1.97 bits per heavy atom. The summed E-state index contributed by atoms with van der Waals surface area (Å²) in [5.74, 6) is 0.643. The fourth-order valence-corrected chi connectivity index (χ4v) is 4.23. The number of benzene rings is 2. The minimum absolute atomic E-state index is 0.127. The summed E-state index contributed by atoms with van der Waals surface area (Å²) >= 11 is 0. The fraction of sp³-hybridized carbons (Fsp3) is 0.240. The molecule has 1 aromatic heterocycles. The predicted molar refractivity (Wildman–Crippen MR) is 122 cm³/mol. The Hall–Kier alpha value is -3.67. The molecule has 1 heterocycles. The molecule has 0 saturated heterocycles. The summed E-state index contributed by atoms with van der Waals surface area (Å²) in [6, 6.07) is 15.3. The van der Waals surface area contributed by atoms with Crippen LogP contribution in [0, 0.1) is 0 Å². The van der Waals surface area contributed by atoms with Crippen LogP contribution in [-0.2, 0) is 10.3 Å². The number of allylic oxidation sites excluding steroid dienone is 4. The van der Waals surface area contributed by atoms with Crippen LogP contribution in [0.2, 0.25) is 0 Å². The van der Waals surface area contributed by atoms with E-state index in [1.54, 1.807) is 11.6 Å². The van der Waals surface area contributed by atoms with Crippen LogP contribution in [0.1, 0.15) is 25.3 Å². The van der Waals surface area contributed by atoms with Gasteiger partial charge in [-0.05, 0) is 30.7 Å². The zero-order valence-corrected chi connectivity index (χ0v) is 17.7. The van der Waals surface area contributed by atoms with Gasteiger partial charge in [-0.2, -0.15) is 0 Å². The van der Waals surface area contributed by atoms with E-state index in [4.69, 9.17) is 4.74 Å². The van der Waals surface area contributed by atoms with Gasteiger partial charge in [0.25, 0.3) is 5.56 Å². The third kappa shape index (κ3) is 3.89. The lowest BCUT2D eigenvalue weighted by molar-refractivity contribution is -0.122. The molecule has 1 amide bonds. The lowest BCUT2D eigenvalue weighted by Gasteiger charge is -2.36. The first kappa shape index (κ1) is 20.6. The largest absolute Gasteiger partial charge is 0.493 e. The van der Waals surface area contributed by atoms with Crippen LogP contribution < -0.4 is 15.6 Å². The smallest absolute Gasteiger partial charge is 0.270 e. The van der Waals surface area contributed by atoms with E-state index < -0.39 is 5.54 Å². The Kier molecular flexibility index (Phi) is 5.71. The topological polar surface area (TPSA) is 73.2 Å². The minimum atomic E-state index is -0.872. The van der Waals surface area contributed by atoms with Crippen molar-refractivity contribution in [3.63, 3.8) is 0 Å². The first-order chi connectivity index (χ1) is 15.1. The first-order valence-corrected chi connectivity index (χ1v) is 10.4. The second-order valence-electron chi connectivity index (χ2n) is 7.53. The molecule has 1 aliphatic carbocycles. The van der Waals surface area contributed by atoms with Gasteiger partial charge in [0.1, 0.15) is 5.75 Å². The molecule has 6 heteroatoms. The zero-order valence-electron chi connectivity index (χ0n) is 17.7. The van der Waals surface area contributed by atoms with Crippen molar-refractivity contribution < 1.29 is 9.53 Å². The maximum absolute atomic E-state index is 13.1. The summed E-state index contributed by atoms with van der Waals surface area (Å²) in [4.78, 5) is 30.0. The molecule has 1 unspecified atom stereocenters. The van der Waals surface area contributed by atoms with Gasteiger partial charge >= 0.3 is 0 Å². The molecule has 0 bridgehead atoms. The normalized spacial score (nSPS) is 17.9. The molecular formula is C25H25N3O3. The molecular weight excluding hydrogens is 390 g/mol. The number of hydrogen-bond donors (Lipinski definition) is 1. The highest BCUT2D eigenvalue weighted by Gasteiger charge is 2.37. The van der Waals surface area contributed by atoms with Gasteiger partial charge in [0.05, 0.1) is 35.8 Å². The molecule has 0 fully saturated rings. The molecule has 0 aliphatic heterocycles. The molecule has 1 atom stereocenters. The van der Waals surface area contributed by atoms with Gasteiger partial charge in [0.15, 0.2) is 0 Å². The maximum Gasteiger partial charge on any atom is 0.270 e. The number of amides is 1. The summed E-state index contributed by atoms with van der Waals surface area (Å²) in [7, 11) is 1.61. The van der Waals surface area contributed by atoms with Crippen LogP contribution in [0.5, 0.6) is 5.75 Å². The van der Waals surface area contributed by atoms with Crippen molar-refractivity contribution in [3.8, 4) is 5.75 Å². The lowest BCUT2D eigenvalue weighted by atomic mass is 9.80. The number of nitrogens with zero attached hydrogens (tertiary/aromatic N) is 2. The monoisotopic (exact) mass is 415 g/mol. The number of hydrogen-bond acceptors (Lipinski definition) is 4. The molecule has 6 nitrogen and oxygen atoms in total. The van der Waals surface area contributed by atoms with Crippen LogP contribution in [-0.4, -0.2) is 29.1 Å². The average Bonchev–Trinajstić information content (AvgIpc) is 2.79. The quantitative estimate of drug-likeness (QED) is 0.667. The first-order valence-electron chi connectivity index (χ1n) is 10.4. The Balaban J connectivity index is 1.90. The minimum Gasteiger partial charge on any atom is -0.493 e. The molecule has 31 heavy (non-hydrogen) atoms. The molecule has 1 aliphatic rings. The number of para-hydroxylation sites is 3. The van der Waals surface area contributed by atoms with Crippen molar-refractivity contribution in [2.24, 2.45) is 0 Å². The van der Waals surface area contributed by atoms with Crippen LogP contribution >= 0.6 is 0 Å². The fourth-order valence-electron chi connectivity index (χ4n) is 4.23. The maximum atomic E-state index is 13.1. The van der Waals surface area contributed by atoms with E-state index in [1.165, 1.54) is 6.20 Å². The van der Waals surface area contributed by atoms with Crippen molar-refractivity contribution in [3.05, 3.63) is 88.9 Å². The Labute approximate surface area is 180 Å². The van der Waals surface area contributed by atoms with Gasteiger partial charge in [-0.25, -0.2) is 4.98 Å². The van der Waals surface area contributed by atoms with Crippen LogP contribution in [0.4, 0.5) is 0 Å². The van der Waals surface area contributed by atoms with Gasteiger partial charge in [-0.3, -0.25) is 14.2 Å². The molecule has 158 valence electrons. The lowest BCUT2D eigenvalue weighted by Crippen LogP contribution is -2.44. The van der Waals surface area contributed by atoms with Crippen molar-refractivity contribution >= 4 is 22.5 Å². The third-order valence-electron chi connectivity index (χ3n) is 5.58. The van der Waals surface area contributed by atoms with E-state index >= 15 is 0 Å². The average molecular weight is 415 g/mol. The molecule has 0 saturated carbocycles. The SMILES string of the molecule is CCOc1ccccc1C1=CC=CC(CC(=O)NC)(n2c(=O)cnc3ccccc32)C1. The highest BCUT2D eigenvalue weighted by atomic mass is 16.5. The predicted octanol–water partition coefficient (Wildman–Crippen LogP) is 3.67. The van der Waals surface area contributed by atoms with E-state index in [0.717, 1.165) is 16.9 Å². The number of aromatic nitrogens is 2. The Morgan fingerprint density at radius 1 is 1.19 bits per heavy atom.